The Labute approximate surface area is 136 Å². The van der Waals surface area contributed by atoms with Crippen molar-refractivity contribution in [2.24, 2.45) is 17.3 Å². The lowest BCUT2D eigenvalue weighted by Gasteiger charge is -2.29. The summed E-state index contributed by atoms with van der Waals surface area (Å²) in [7, 11) is 0. The smallest absolute Gasteiger partial charge is 0.232 e. The number of nitrogens with one attached hydrogen (secondary N) is 2. The first kappa shape index (κ1) is 16.8. The molecule has 0 aliphatic carbocycles. The lowest BCUT2D eigenvalue weighted by Crippen LogP contribution is -2.41. The molecule has 2 atom stereocenters. The quantitative estimate of drug-likeness (QED) is 0.836. The van der Waals surface area contributed by atoms with Gasteiger partial charge in [-0.15, -0.1) is 0 Å². The molecule has 0 spiro atoms. The average Bonchev–Trinajstić information content (AvgIpc) is 2.83. The Morgan fingerprint density at radius 2 is 1.95 bits per heavy atom. The predicted molar refractivity (Wildman–Crippen MR) is 87.6 cm³/mol. The number of hydrogen-bond donors (Lipinski definition) is 2. The zero-order chi connectivity index (χ0) is 16.3. The van der Waals surface area contributed by atoms with Gasteiger partial charge in [0.05, 0.1) is 0 Å². The molecule has 0 aromatic heterocycles. The molecule has 1 aromatic carbocycles. The second-order valence-corrected chi connectivity index (χ2v) is 7.30. The van der Waals surface area contributed by atoms with E-state index in [1.54, 1.807) is 0 Å². The zero-order valence-electron chi connectivity index (χ0n) is 13.3. The Bertz CT molecular complexity index is 549. The van der Waals surface area contributed by atoms with Crippen molar-refractivity contribution in [2.75, 3.05) is 13.1 Å². The maximum absolute atomic E-state index is 12.4. The summed E-state index contributed by atoms with van der Waals surface area (Å²) >= 11 is 5.84. The Kier molecular flexibility index (Phi) is 5.12. The normalized spacial score (nSPS) is 21.5. The van der Waals surface area contributed by atoms with Gasteiger partial charge in [-0.2, -0.15) is 0 Å². The van der Waals surface area contributed by atoms with Crippen LogP contribution in [0, 0.1) is 17.3 Å². The van der Waals surface area contributed by atoms with Gasteiger partial charge in [0.1, 0.15) is 5.92 Å². The summed E-state index contributed by atoms with van der Waals surface area (Å²) < 4.78 is 0. The molecule has 2 amide bonds. The number of carbonyl (C=O) groups is 2. The second kappa shape index (κ2) is 6.69. The largest absolute Gasteiger partial charge is 0.355 e. The molecule has 0 bridgehead atoms. The molecule has 2 N–H and O–H groups in total. The number of amides is 2. The average molecular weight is 323 g/mol. The molecule has 120 valence electrons. The van der Waals surface area contributed by atoms with Crippen molar-refractivity contribution < 1.29 is 9.59 Å². The molecule has 0 saturated carbocycles. The van der Waals surface area contributed by atoms with Crippen LogP contribution in [0.1, 0.15) is 26.3 Å². The fourth-order valence-electron chi connectivity index (χ4n) is 2.82. The van der Waals surface area contributed by atoms with Gasteiger partial charge >= 0.3 is 0 Å². The van der Waals surface area contributed by atoms with Crippen LogP contribution in [0.25, 0.3) is 0 Å². The number of benzene rings is 1. The number of rotatable bonds is 4. The molecule has 22 heavy (non-hydrogen) atoms. The Morgan fingerprint density at radius 3 is 2.55 bits per heavy atom. The lowest BCUT2D eigenvalue weighted by molar-refractivity contribution is -0.135. The highest BCUT2D eigenvalue weighted by Crippen LogP contribution is 2.35. The highest BCUT2D eigenvalue weighted by atomic mass is 35.5. The van der Waals surface area contributed by atoms with Crippen LogP contribution in [-0.2, 0) is 16.0 Å². The summed E-state index contributed by atoms with van der Waals surface area (Å²) in [4.78, 5) is 24.3. The third-order valence-corrected chi connectivity index (χ3v) is 4.45. The minimum Gasteiger partial charge on any atom is -0.355 e. The first-order chi connectivity index (χ1) is 10.3. The monoisotopic (exact) mass is 322 g/mol. The Morgan fingerprint density at radius 1 is 1.32 bits per heavy atom. The fraction of sp³-hybridized carbons (Fsp3) is 0.529. The van der Waals surface area contributed by atoms with E-state index in [1.165, 1.54) is 0 Å². The predicted octanol–water partition coefficient (Wildman–Crippen LogP) is 2.41. The van der Waals surface area contributed by atoms with Gasteiger partial charge in [-0.1, -0.05) is 44.5 Å². The summed E-state index contributed by atoms with van der Waals surface area (Å²) in [5, 5.41) is 6.39. The molecular weight excluding hydrogens is 300 g/mol. The second-order valence-electron chi connectivity index (χ2n) is 6.86. The molecule has 0 unspecified atom stereocenters. The number of hydrogen-bond acceptors (Lipinski definition) is 2. The summed E-state index contributed by atoms with van der Waals surface area (Å²) in [6.07, 6.45) is 0.720. The highest BCUT2D eigenvalue weighted by molar-refractivity contribution is 6.30. The van der Waals surface area contributed by atoms with Crippen molar-refractivity contribution in [2.45, 2.75) is 27.2 Å². The van der Waals surface area contributed by atoms with Crippen LogP contribution in [-0.4, -0.2) is 24.9 Å². The van der Waals surface area contributed by atoms with Gasteiger partial charge in [-0.3, -0.25) is 9.59 Å². The van der Waals surface area contributed by atoms with Gasteiger partial charge in [-0.25, -0.2) is 0 Å². The van der Waals surface area contributed by atoms with Crippen LogP contribution in [0.3, 0.4) is 0 Å². The zero-order valence-corrected chi connectivity index (χ0v) is 14.0. The van der Waals surface area contributed by atoms with Crippen LogP contribution in [0.4, 0.5) is 0 Å². The molecule has 1 heterocycles. The first-order valence-corrected chi connectivity index (χ1v) is 7.96. The molecule has 1 fully saturated rings. The lowest BCUT2D eigenvalue weighted by atomic mass is 9.74. The highest BCUT2D eigenvalue weighted by Gasteiger charge is 2.45. The molecular formula is C17H23ClN2O2. The van der Waals surface area contributed by atoms with Crippen LogP contribution in [0.15, 0.2) is 24.3 Å². The van der Waals surface area contributed by atoms with E-state index in [1.807, 2.05) is 24.3 Å². The van der Waals surface area contributed by atoms with Gasteiger partial charge in [0, 0.05) is 24.0 Å². The van der Waals surface area contributed by atoms with Crippen molar-refractivity contribution in [3.8, 4) is 0 Å². The van der Waals surface area contributed by atoms with Gasteiger partial charge in [-0.05, 0) is 29.5 Å². The summed E-state index contributed by atoms with van der Waals surface area (Å²) in [6, 6.07) is 7.54. The van der Waals surface area contributed by atoms with Crippen molar-refractivity contribution in [1.29, 1.82) is 0 Å². The van der Waals surface area contributed by atoms with Crippen LogP contribution in [0.2, 0.25) is 5.02 Å². The Hall–Kier alpha value is -1.55. The van der Waals surface area contributed by atoms with E-state index in [0.29, 0.717) is 18.1 Å². The van der Waals surface area contributed by atoms with Crippen molar-refractivity contribution in [3.05, 3.63) is 34.9 Å². The van der Waals surface area contributed by atoms with Crippen molar-refractivity contribution >= 4 is 23.4 Å². The van der Waals surface area contributed by atoms with Gasteiger partial charge in [0.2, 0.25) is 11.8 Å². The van der Waals surface area contributed by atoms with Crippen LogP contribution in [0.5, 0.6) is 0 Å². The molecule has 1 aliphatic rings. The molecule has 2 rings (SSSR count). The van der Waals surface area contributed by atoms with Crippen molar-refractivity contribution in [3.63, 3.8) is 0 Å². The third kappa shape index (κ3) is 4.01. The number of halogens is 1. The molecule has 0 radical (unpaired) electrons. The Balaban J connectivity index is 1.91. The van der Waals surface area contributed by atoms with Gasteiger partial charge < -0.3 is 10.6 Å². The summed E-state index contributed by atoms with van der Waals surface area (Å²) in [6.45, 7) is 7.27. The topological polar surface area (TPSA) is 58.2 Å². The maximum Gasteiger partial charge on any atom is 0.232 e. The SMILES string of the molecule is CC(C)(C)[C@H]1CNC(=O)[C@H]1C(=O)NCCc1ccc(Cl)cc1. The molecule has 5 heteroatoms. The van der Waals surface area contributed by atoms with Crippen molar-refractivity contribution in [1.82, 2.24) is 10.6 Å². The first-order valence-electron chi connectivity index (χ1n) is 7.59. The van der Waals surface area contributed by atoms with E-state index < -0.39 is 5.92 Å². The minimum absolute atomic E-state index is 0.0236. The summed E-state index contributed by atoms with van der Waals surface area (Å²) in [5.74, 6) is -0.909. The number of carbonyl (C=O) groups excluding carboxylic acids is 2. The van der Waals surface area contributed by atoms with Crippen LogP contribution >= 0.6 is 11.6 Å². The van der Waals surface area contributed by atoms with E-state index in [0.717, 1.165) is 12.0 Å². The molecule has 1 saturated heterocycles. The van der Waals surface area contributed by atoms with E-state index >= 15 is 0 Å². The molecule has 1 aromatic rings. The van der Waals surface area contributed by atoms with Gasteiger partial charge in [0.15, 0.2) is 0 Å². The van der Waals surface area contributed by atoms with E-state index in [2.05, 4.69) is 31.4 Å². The van der Waals surface area contributed by atoms with Gasteiger partial charge in [0.25, 0.3) is 0 Å². The van der Waals surface area contributed by atoms with E-state index in [-0.39, 0.29) is 23.1 Å². The maximum atomic E-state index is 12.4. The van der Waals surface area contributed by atoms with Crippen LogP contribution < -0.4 is 10.6 Å². The molecule has 1 aliphatic heterocycles. The molecule has 4 nitrogen and oxygen atoms in total. The standard InChI is InChI=1S/C17H23ClN2O2/c1-17(2,3)13-10-20-16(22)14(13)15(21)19-9-8-11-4-6-12(18)7-5-11/h4-7,13-14H,8-10H2,1-3H3,(H,19,21)(H,20,22)/t13-,14+/m0/s1. The van der Waals surface area contributed by atoms with E-state index in [9.17, 15) is 9.59 Å². The third-order valence-electron chi connectivity index (χ3n) is 4.20. The van der Waals surface area contributed by atoms with E-state index in [4.69, 9.17) is 11.6 Å². The summed E-state index contributed by atoms with van der Waals surface area (Å²) in [5.41, 5.74) is 1.02. The minimum atomic E-state index is -0.592. The fourth-order valence-corrected chi connectivity index (χ4v) is 2.95.